The fourth-order valence-corrected chi connectivity index (χ4v) is 5.87. The van der Waals surface area contributed by atoms with Gasteiger partial charge in [0.2, 0.25) is 0 Å². The molecule has 3 heterocycles. The third kappa shape index (κ3) is 5.55. The lowest BCUT2D eigenvalue weighted by molar-refractivity contribution is -0.143. The van der Waals surface area contributed by atoms with Crippen LogP contribution in [0.2, 0.25) is 0 Å². The summed E-state index contributed by atoms with van der Waals surface area (Å²) in [6, 6.07) is 21.6. The molecule has 3 saturated heterocycles. The molecule has 37 heavy (non-hydrogen) atoms. The summed E-state index contributed by atoms with van der Waals surface area (Å²) in [6.45, 7) is 1.44. The monoisotopic (exact) mass is 519 g/mol. The zero-order valence-corrected chi connectivity index (χ0v) is 20.0. The Morgan fingerprint density at radius 2 is 1.22 bits per heavy atom. The summed E-state index contributed by atoms with van der Waals surface area (Å²) in [6.07, 6.45) is -8.35. The molecule has 0 saturated carbocycles. The van der Waals surface area contributed by atoms with Crippen molar-refractivity contribution in [3.63, 3.8) is 0 Å². The van der Waals surface area contributed by atoms with Gasteiger partial charge < -0.3 is 4.74 Å². The Balaban J connectivity index is 1.49. The zero-order valence-electron chi connectivity index (χ0n) is 20.0. The van der Waals surface area contributed by atoms with Crippen molar-refractivity contribution in [3.05, 3.63) is 107 Å². The van der Waals surface area contributed by atoms with Gasteiger partial charge in [0.05, 0.1) is 23.8 Å². The van der Waals surface area contributed by atoms with Crippen molar-refractivity contribution in [2.45, 2.75) is 49.9 Å². The fourth-order valence-electron chi connectivity index (χ4n) is 5.87. The first-order chi connectivity index (χ1) is 17.6. The highest BCUT2D eigenvalue weighted by Gasteiger charge is 2.47. The first-order valence-corrected chi connectivity index (χ1v) is 12.3. The minimum absolute atomic E-state index is 0.0530. The Kier molecular flexibility index (Phi) is 7.07. The summed E-state index contributed by atoms with van der Waals surface area (Å²) in [5.74, 6) is 0.126. The van der Waals surface area contributed by atoms with E-state index in [1.165, 1.54) is 0 Å². The molecular formula is C29H27F6NO. The highest BCUT2D eigenvalue weighted by Crippen LogP contribution is 2.44. The van der Waals surface area contributed by atoms with E-state index in [2.05, 4.69) is 29.2 Å². The standard InChI is InChI=1S/C29H27F6NO/c30-28(31,32)23-15-19(16-24(17-23)29(33,34)35)18-37-27-22-11-13-36(14-12-22)26(27)25(20-7-3-1-4-8-20)21-9-5-2-6-10-21/h1-10,15-17,22,25-27H,11-14,18H2/t26-,27+/m0/s1. The molecule has 0 amide bonds. The summed E-state index contributed by atoms with van der Waals surface area (Å²) in [5, 5.41) is 0. The van der Waals surface area contributed by atoms with Gasteiger partial charge in [-0.3, -0.25) is 4.90 Å². The Bertz CT molecular complexity index is 1110. The SMILES string of the molecule is FC(F)(F)c1cc(CO[C@@H]2C3CCN(CC3)[C@H]2C(c2ccccc2)c2ccccc2)cc(C(F)(F)F)c1. The van der Waals surface area contributed by atoms with Crippen LogP contribution in [0.25, 0.3) is 0 Å². The van der Waals surface area contributed by atoms with Crippen LogP contribution in [0, 0.1) is 5.92 Å². The average Bonchev–Trinajstić information content (AvgIpc) is 2.89. The maximum absolute atomic E-state index is 13.4. The van der Waals surface area contributed by atoms with E-state index in [1.54, 1.807) is 0 Å². The topological polar surface area (TPSA) is 12.5 Å². The molecule has 3 aliphatic heterocycles. The predicted molar refractivity (Wildman–Crippen MR) is 128 cm³/mol. The number of fused-ring (bicyclic) bond motifs is 3. The van der Waals surface area contributed by atoms with E-state index in [0.29, 0.717) is 0 Å². The molecule has 0 aromatic heterocycles. The molecule has 2 nitrogen and oxygen atoms in total. The Morgan fingerprint density at radius 3 is 1.68 bits per heavy atom. The molecule has 196 valence electrons. The number of hydrogen-bond donors (Lipinski definition) is 0. The van der Waals surface area contributed by atoms with E-state index >= 15 is 0 Å². The maximum Gasteiger partial charge on any atom is 0.416 e. The lowest BCUT2D eigenvalue weighted by Crippen LogP contribution is -2.60. The Labute approximate surface area is 211 Å². The van der Waals surface area contributed by atoms with Gasteiger partial charge in [-0.05, 0) is 66.7 Å². The van der Waals surface area contributed by atoms with Crippen LogP contribution in [0.1, 0.15) is 46.6 Å². The van der Waals surface area contributed by atoms with Gasteiger partial charge in [0.1, 0.15) is 0 Å². The largest absolute Gasteiger partial charge is 0.416 e. The molecule has 0 radical (unpaired) electrons. The lowest BCUT2D eigenvalue weighted by Gasteiger charge is -2.53. The van der Waals surface area contributed by atoms with Gasteiger partial charge in [-0.15, -0.1) is 0 Å². The van der Waals surface area contributed by atoms with Crippen molar-refractivity contribution in [3.8, 4) is 0 Å². The molecule has 3 aromatic rings. The van der Waals surface area contributed by atoms with Crippen LogP contribution < -0.4 is 0 Å². The van der Waals surface area contributed by atoms with Gasteiger partial charge in [-0.25, -0.2) is 0 Å². The summed E-state index contributed by atoms with van der Waals surface area (Å²) in [4.78, 5) is 2.36. The van der Waals surface area contributed by atoms with Gasteiger partial charge in [0.25, 0.3) is 0 Å². The second-order valence-corrected chi connectivity index (χ2v) is 9.85. The number of piperidine rings is 3. The smallest absolute Gasteiger partial charge is 0.372 e. The first-order valence-electron chi connectivity index (χ1n) is 12.3. The quantitative estimate of drug-likeness (QED) is 0.312. The first kappa shape index (κ1) is 25.8. The number of alkyl halides is 6. The molecule has 6 rings (SSSR count). The van der Waals surface area contributed by atoms with Crippen molar-refractivity contribution in [2.24, 2.45) is 5.92 Å². The summed E-state index contributed by atoms with van der Waals surface area (Å²) in [7, 11) is 0. The van der Waals surface area contributed by atoms with Crippen LogP contribution >= 0.6 is 0 Å². The van der Waals surface area contributed by atoms with E-state index in [-0.39, 0.29) is 42.2 Å². The number of ether oxygens (including phenoxy) is 1. The van der Waals surface area contributed by atoms with Crippen LogP contribution in [-0.2, 0) is 23.7 Å². The number of rotatable bonds is 6. The number of benzene rings is 3. The summed E-state index contributed by atoms with van der Waals surface area (Å²) in [5.41, 5.74) is -0.583. The highest BCUT2D eigenvalue weighted by atomic mass is 19.4. The van der Waals surface area contributed by atoms with E-state index in [4.69, 9.17) is 4.74 Å². The van der Waals surface area contributed by atoms with Crippen molar-refractivity contribution < 1.29 is 31.1 Å². The third-order valence-electron chi connectivity index (χ3n) is 7.55. The minimum Gasteiger partial charge on any atom is -0.372 e. The van der Waals surface area contributed by atoms with E-state index < -0.39 is 23.5 Å². The van der Waals surface area contributed by atoms with Gasteiger partial charge in [0.15, 0.2) is 0 Å². The lowest BCUT2D eigenvalue weighted by atomic mass is 9.72. The molecule has 3 fully saturated rings. The second kappa shape index (κ2) is 10.1. The predicted octanol–water partition coefficient (Wildman–Crippen LogP) is 7.54. The van der Waals surface area contributed by atoms with E-state index in [0.717, 1.165) is 49.2 Å². The third-order valence-corrected chi connectivity index (χ3v) is 7.55. The van der Waals surface area contributed by atoms with Gasteiger partial charge in [-0.1, -0.05) is 60.7 Å². The van der Waals surface area contributed by atoms with Crippen molar-refractivity contribution in [1.82, 2.24) is 4.90 Å². The Morgan fingerprint density at radius 1 is 0.730 bits per heavy atom. The van der Waals surface area contributed by atoms with E-state index in [1.807, 2.05) is 36.4 Å². The summed E-state index contributed by atoms with van der Waals surface area (Å²) < 4.78 is 86.6. The van der Waals surface area contributed by atoms with Gasteiger partial charge in [-0.2, -0.15) is 26.3 Å². The van der Waals surface area contributed by atoms with Crippen molar-refractivity contribution in [1.29, 1.82) is 0 Å². The molecule has 0 N–H and O–H groups in total. The molecule has 2 atom stereocenters. The van der Waals surface area contributed by atoms with Crippen molar-refractivity contribution >= 4 is 0 Å². The molecule has 0 unspecified atom stereocenters. The number of halogens is 6. The number of nitrogens with zero attached hydrogens (tertiary/aromatic N) is 1. The zero-order chi connectivity index (χ0) is 26.2. The van der Waals surface area contributed by atoms with Gasteiger partial charge in [0, 0.05) is 12.0 Å². The molecular weight excluding hydrogens is 492 g/mol. The number of hydrogen-bond acceptors (Lipinski definition) is 2. The average molecular weight is 520 g/mol. The van der Waals surface area contributed by atoms with E-state index in [9.17, 15) is 26.3 Å². The van der Waals surface area contributed by atoms with Crippen LogP contribution in [0.4, 0.5) is 26.3 Å². The normalized spacial score (nSPS) is 24.0. The summed E-state index contributed by atoms with van der Waals surface area (Å²) >= 11 is 0. The van der Waals surface area contributed by atoms with Crippen LogP contribution in [-0.4, -0.2) is 30.1 Å². The van der Waals surface area contributed by atoms with Crippen LogP contribution in [0.3, 0.4) is 0 Å². The molecule has 3 aliphatic rings. The molecule has 8 heteroatoms. The minimum atomic E-state index is -4.89. The second-order valence-electron chi connectivity index (χ2n) is 9.85. The van der Waals surface area contributed by atoms with Crippen molar-refractivity contribution in [2.75, 3.05) is 13.1 Å². The van der Waals surface area contributed by atoms with Crippen LogP contribution in [0.15, 0.2) is 78.9 Å². The molecule has 2 bridgehead atoms. The van der Waals surface area contributed by atoms with Crippen LogP contribution in [0.5, 0.6) is 0 Å². The highest BCUT2D eigenvalue weighted by molar-refractivity contribution is 5.36. The Hall–Kier alpha value is -2.84. The maximum atomic E-state index is 13.4. The fraction of sp³-hybridized carbons (Fsp3) is 0.379. The molecule has 0 aliphatic carbocycles. The molecule has 0 spiro atoms. The van der Waals surface area contributed by atoms with Gasteiger partial charge >= 0.3 is 12.4 Å². The molecule has 3 aromatic carbocycles.